The molecule has 1 unspecified atom stereocenters. The fourth-order valence-electron chi connectivity index (χ4n) is 1.53. The monoisotopic (exact) mass is 250 g/mol. The van der Waals surface area contributed by atoms with Crippen molar-refractivity contribution in [2.24, 2.45) is 5.73 Å². The Labute approximate surface area is 106 Å². The number of benzene rings is 1. The van der Waals surface area contributed by atoms with Crippen molar-refractivity contribution in [2.75, 3.05) is 6.54 Å². The first-order valence-electron chi connectivity index (χ1n) is 5.58. The first-order valence-corrected chi connectivity index (χ1v) is 5.96. The van der Waals surface area contributed by atoms with E-state index in [1.165, 1.54) is 0 Å². The minimum Gasteiger partial charge on any atom is -0.445 e. The lowest BCUT2D eigenvalue weighted by Crippen LogP contribution is -2.07. The summed E-state index contributed by atoms with van der Waals surface area (Å²) in [6.07, 6.45) is 2.43. The van der Waals surface area contributed by atoms with Gasteiger partial charge in [0.05, 0.1) is 6.20 Å². The standard InChI is InChI=1S/C13H15ClN2O/c1-9(7-15)12-8-16-13(17-12)6-10-2-4-11(14)5-3-10/h2-5,8-9H,6-7,15H2,1H3. The molecule has 0 aliphatic carbocycles. The van der Waals surface area contributed by atoms with Gasteiger partial charge in [0.15, 0.2) is 5.89 Å². The van der Waals surface area contributed by atoms with Crippen LogP contribution in [-0.2, 0) is 6.42 Å². The van der Waals surface area contributed by atoms with Gasteiger partial charge in [-0.3, -0.25) is 0 Å². The van der Waals surface area contributed by atoms with Crippen molar-refractivity contribution < 1.29 is 4.42 Å². The van der Waals surface area contributed by atoms with E-state index in [0.29, 0.717) is 18.9 Å². The molecule has 90 valence electrons. The van der Waals surface area contributed by atoms with E-state index in [1.807, 2.05) is 31.2 Å². The summed E-state index contributed by atoms with van der Waals surface area (Å²) in [7, 11) is 0. The zero-order chi connectivity index (χ0) is 12.3. The molecule has 0 fully saturated rings. The molecule has 1 aromatic heterocycles. The highest BCUT2D eigenvalue weighted by Crippen LogP contribution is 2.18. The summed E-state index contributed by atoms with van der Waals surface area (Å²) in [5.41, 5.74) is 6.71. The van der Waals surface area contributed by atoms with E-state index >= 15 is 0 Å². The van der Waals surface area contributed by atoms with Crippen molar-refractivity contribution >= 4 is 11.6 Å². The second-order valence-electron chi connectivity index (χ2n) is 4.10. The summed E-state index contributed by atoms with van der Waals surface area (Å²) in [5.74, 6) is 1.76. The van der Waals surface area contributed by atoms with Gasteiger partial charge in [-0.2, -0.15) is 0 Å². The molecule has 3 nitrogen and oxygen atoms in total. The maximum Gasteiger partial charge on any atom is 0.198 e. The lowest BCUT2D eigenvalue weighted by Gasteiger charge is -2.02. The van der Waals surface area contributed by atoms with Crippen LogP contribution in [0.15, 0.2) is 34.9 Å². The molecule has 0 aliphatic rings. The predicted octanol–water partition coefficient (Wildman–Crippen LogP) is 2.98. The molecular weight excluding hydrogens is 236 g/mol. The zero-order valence-electron chi connectivity index (χ0n) is 9.69. The molecule has 0 saturated carbocycles. The molecular formula is C13H15ClN2O. The largest absolute Gasteiger partial charge is 0.445 e. The van der Waals surface area contributed by atoms with Crippen LogP contribution in [0.2, 0.25) is 5.02 Å². The number of oxazole rings is 1. The first kappa shape index (κ1) is 12.1. The van der Waals surface area contributed by atoms with Gasteiger partial charge < -0.3 is 10.2 Å². The van der Waals surface area contributed by atoms with Crippen molar-refractivity contribution in [1.82, 2.24) is 4.98 Å². The third-order valence-electron chi connectivity index (χ3n) is 2.68. The Morgan fingerprint density at radius 2 is 2.06 bits per heavy atom. The van der Waals surface area contributed by atoms with Crippen molar-refractivity contribution in [2.45, 2.75) is 19.3 Å². The van der Waals surface area contributed by atoms with Crippen LogP contribution in [0.5, 0.6) is 0 Å². The van der Waals surface area contributed by atoms with Gasteiger partial charge in [0, 0.05) is 23.9 Å². The molecule has 0 bridgehead atoms. The van der Waals surface area contributed by atoms with Crippen LogP contribution in [0.4, 0.5) is 0 Å². The molecule has 0 saturated heterocycles. The minimum absolute atomic E-state index is 0.210. The van der Waals surface area contributed by atoms with Crippen molar-refractivity contribution in [3.63, 3.8) is 0 Å². The Morgan fingerprint density at radius 1 is 1.35 bits per heavy atom. The maximum atomic E-state index is 5.83. The average Bonchev–Trinajstić information content (AvgIpc) is 2.80. The number of aromatic nitrogens is 1. The first-order chi connectivity index (χ1) is 8.19. The quantitative estimate of drug-likeness (QED) is 0.908. The Kier molecular flexibility index (Phi) is 3.82. The number of nitrogens with zero attached hydrogens (tertiary/aromatic N) is 1. The number of hydrogen-bond donors (Lipinski definition) is 1. The number of rotatable bonds is 4. The molecule has 0 aliphatic heterocycles. The van der Waals surface area contributed by atoms with Crippen LogP contribution < -0.4 is 5.73 Å². The second-order valence-corrected chi connectivity index (χ2v) is 4.53. The summed E-state index contributed by atoms with van der Waals surface area (Å²) >= 11 is 5.83. The molecule has 2 rings (SSSR count). The molecule has 0 amide bonds. The van der Waals surface area contributed by atoms with Gasteiger partial charge in [0.1, 0.15) is 5.76 Å². The lowest BCUT2D eigenvalue weighted by molar-refractivity contribution is 0.440. The topological polar surface area (TPSA) is 52.0 Å². The van der Waals surface area contributed by atoms with Crippen LogP contribution in [0.3, 0.4) is 0 Å². The van der Waals surface area contributed by atoms with E-state index in [1.54, 1.807) is 6.20 Å². The fraction of sp³-hybridized carbons (Fsp3) is 0.308. The van der Waals surface area contributed by atoms with E-state index < -0.39 is 0 Å². The SMILES string of the molecule is CC(CN)c1cnc(Cc2ccc(Cl)cc2)o1. The summed E-state index contributed by atoms with van der Waals surface area (Å²) in [4.78, 5) is 4.25. The van der Waals surface area contributed by atoms with Crippen molar-refractivity contribution in [3.8, 4) is 0 Å². The van der Waals surface area contributed by atoms with Gasteiger partial charge in [0.2, 0.25) is 0 Å². The second kappa shape index (κ2) is 5.34. The third kappa shape index (κ3) is 3.08. The Bertz CT molecular complexity index is 478. The predicted molar refractivity (Wildman–Crippen MR) is 68.2 cm³/mol. The van der Waals surface area contributed by atoms with Crippen molar-refractivity contribution in [3.05, 3.63) is 52.7 Å². The lowest BCUT2D eigenvalue weighted by atomic mass is 10.1. The molecule has 1 atom stereocenters. The number of hydrogen-bond acceptors (Lipinski definition) is 3. The van der Waals surface area contributed by atoms with Crippen LogP contribution >= 0.6 is 11.6 Å². The highest BCUT2D eigenvalue weighted by molar-refractivity contribution is 6.30. The average molecular weight is 251 g/mol. The van der Waals surface area contributed by atoms with Gasteiger partial charge in [-0.1, -0.05) is 30.7 Å². The Balaban J connectivity index is 2.08. The highest BCUT2D eigenvalue weighted by atomic mass is 35.5. The minimum atomic E-state index is 0.210. The normalized spacial score (nSPS) is 12.6. The summed E-state index contributed by atoms with van der Waals surface area (Å²) in [5, 5.41) is 0.735. The molecule has 4 heteroatoms. The summed E-state index contributed by atoms with van der Waals surface area (Å²) in [6, 6.07) is 7.67. The van der Waals surface area contributed by atoms with E-state index in [4.69, 9.17) is 21.8 Å². The molecule has 1 aromatic carbocycles. The molecule has 2 aromatic rings. The van der Waals surface area contributed by atoms with Gasteiger partial charge in [0.25, 0.3) is 0 Å². The Hall–Kier alpha value is -1.32. The van der Waals surface area contributed by atoms with Gasteiger partial charge in [-0.25, -0.2) is 4.98 Å². The van der Waals surface area contributed by atoms with Crippen LogP contribution in [0, 0.1) is 0 Å². The van der Waals surface area contributed by atoms with Crippen LogP contribution in [0.25, 0.3) is 0 Å². The van der Waals surface area contributed by atoms with Gasteiger partial charge >= 0.3 is 0 Å². The molecule has 0 spiro atoms. The van der Waals surface area contributed by atoms with Crippen LogP contribution in [0.1, 0.15) is 30.1 Å². The summed E-state index contributed by atoms with van der Waals surface area (Å²) in [6.45, 7) is 2.59. The van der Waals surface area contributed by atoms with E-state index in [2.05, 4.69) is 4.98 Å². The van der Waals surface area contributed by atoms with Crippen molar-refractivity contribution in [1.29, 1.82) is 0 Å². The smallest absolute Gasteiger partial charge is 0.198 e. The van der Waals surface area contributed by atoms with E-state index in [9.17, 15) is 0 Å². The maximum absolute atomic E-state index is 5.83. The fourth-order valence-corrected chi connectivity index (χ4v) is 1.65. The Morgan fingerprint density at radius 3 is 2.71 bits per heavy atom. The number of halogens is 1. The van der Waals surface area contributed by atoms with E-state index in [-0.39, 0.29) is 5.92 Å². The summed E-state index contributed by atoms with van der Waals surface area (Å²) < 4.78 is 5.65. The molecule has 1 heterocycles. The zero-order valence-corrected chi connectivity index (χ0v) is 10.4. The number of nitrogens with two attached hydrogens (primary N) is 1. The molecule has 17 heavy (non-hydrogen) atoms. The van der Waals surface area contributed by atoms with Crippen LogP contribution in [-0.4, -0.2) is 11.5 Å². The third-order valence-corrected chi connectivity index (χ3v) is 2.93. The van der Waals surface area contributed by atoms with E-state index in [0.717, 1.165) is 16.3 Å². The molecule has 0 radical (unpaired) electrons. The van der Waals surface area contributed by atoms with Gasteiger partial charge in [-0.15, -0.1) is 0 Å². The highest BCUT2D eigenvalue weighted by Gasteiger charge is 2.10. The molecule has 2 N–H and O–H groups in total. The van der Waals surface area contributed by atoms with Gasteiger partial charge in [-0.05, 0) is 17.7 Å².